The van der Waals surface area contributed by atoms with Gasteiger partial charge >= 0.3 is 0 Å². The van der Waals surface area contributed by atoms with Crippen LogP contribution >= 0.6 is 0 Å². The third-order valence-electron chi connectivity index (χ3n) is 3.75. The summed E-state index contributed by atoms with van der Waals surface area (Å²) in [5.74, 6) is 1.25. The van der Waals surface area contributed by atoms with Gasteiger partial charge in [-0.2, -0.15) is 0 Å². The molecule has 3 rings (SSSR count). The van der Waals surface area contributed by atoms with E-state index < -0.39 is 0 Å². The minimum absolute atomic E-state index is 0.165. The second-order valence-electron chi connectivity index (χ2n) is 5.53. The highest BCUT2D eigenvalue weighted by atomic mass is 16.3. The van der Waals surface area contributed by atoms with Gasteiger partial charge < -0.3 is 14.4 Å². The largest absolute Gasteiger partial charge is 0.508 e. The number of hydrogen-bond acceptors (Lipinski definition) is 3. The Labute approximate surface area is 124 Å². The van der Waals surface area contributed by atoms with E-state index in [4.69, 9.17) is 4.42 Å². The normalized spacial score (nSPS) is 12.9. The quantitative estimate of drug-likeness (QED) is 0.785. The van der Waals surface area contributed by atoms with Gasteiger partial charge in [0.05, 0.1) is 0 Å². The van der Waals surface area contributed by atoms with Crippen LogP contribution in [0.1, 0.15) is 17.4 Å². The van der Waals surface area contributed by atoms with E-state index in [9.17, 15) is 5.11 Å². The zero-order valence-electron chi connectivity index (χ0n) is 12.3. The molecule has 0 saturated carbocycles. The lowest BCUT2D eigenvalue weighted by atomic mass is 10.0. The fraction of sp³-hybridized carbons (Fsp3) is 0.222. The molecule has 1 heterocycles. The van der Waals surface area contributed by atoms with Gasteiger partial charge in [-0.1, -0.05) is 30.3 Å². The Balaban J connectivity index is 1.91. The summed E-state index contributed by atoms with van der Waals surface area (Å²) in [7, 11) is 4.08. The molecule has 1 N–H and O–H groups in total. The van der Waals surface area contributed by atoms with Crippen LogP contribution in [0.2, 0.25) is 0 Å². The van der Waals surface area contributed by atoms with E-state index in [0.717, 1.165) is 28.7 Å². The number of phenols is 1. The molecule has 108 valence electrons. The minimum atomic E-state index is 0.165. The van der Waals surface area contributed by atoms with E-state index in [0.29, 0.717) is 5.75 Å². The Morgan fingerprint density at radius 3 is 2.57 bits per heavy atom. The topological polar surface area (TPSA) is 36.6 Å². The number of benzene rings is 2. The first-order valence-corrected chi connectivity index (χ1v) is 7.06. The van der Waals surface area contributed by atoms with Crippen molar-refractivity contribution in [2.45, 2.75) is 12.5 Å². The van der Waals surface area contributed by atoms with Gasteiger partial charge in [-0.3, -0.25) is 0 Å². The summed E-state index contributed by atoms with van der Waals surface area (Å²) in [5, 5.41) is 10.8. The number of fused-ring (bicyclic) bond motifs is 1. The number of likely N-dealkylation sites (N-methyl/N-ethyl adjacent to an activating group) is 1. The summed E-state index contributed by atoms with van der Waals surface area (Å²) in [4.78, 5) is 2.14. The molecule has 0 bridgehead atoms. The van der Waals surface area contributed by atoms with Gasteiger partial charge in [0.15, 0.2) is 0 Å². The van der Waals surface area contributed by atoms with E-state index in [1.54, 1.807) is 6.07 Å². The maximum atomic E-state index is 9.68. The molecule has 0 saturated heterocycles. The summed E-state index contributed by atoms with van der Waals surface area (Å²) in [6.45, 7) is 0. The second kappa shape index (κ2) is 5.62. The zero-order chi connectivity index (χ0) is 14.8. The number of phenolic OH excluding ortho intramolecular Hbond substituents is 1. The molecule has 0 radical (unpaired) electrons. The van der Waals surface area contributed by atoms with Crippen molar-refractivity contribution in [1.29, 1.82) is 0 Å². The van der Waals surface area contributed by atoms with Crippen molar-refractivity contribution >= 4 is 11.0 Å². The molecule has 21 heavy (non-hydrogen) atoms. The maximum absolute atomic E-state index is 9.68. The molecule has 0 amide bonds. The number of furan rings is 1. The predicted molar refractivity (Wildman–Crippen MR) is 84.5 cm³/mol. The van der Waals surface area contributed by atoms with Crippen molar-refractivity contribution in [2.75, 3.05) is 14.1 Å². The van der Waals surface area contributed by atoms with E-state index in [2.05, 4.69) is 17.0 Å². The van der Waals surface area contributed by atoms with Crippen LogP contribution in [0.5, 0.6) is 5.75 Å². The molecular formula is C18H19NO2. The average molecular weight is 281 g/mol. The molecular weight excluding hydrogens is 262 g/mol. The molecule has 3 nitrogen and oxygen atoms in total. The van der Waals surface area contributed by atoms with Gasteiger partial charge in [0.25, 0.3) is 0 Å². The first-order chi connectivity index (χ1) is 10.1. The SMILES string of the molecule is CN(C)C(Cc1cc2ccccc2o1)c1cccc(O)c1. The van der Waals surface area contributed by atoms with E-state index in [-0.39, 0.29) is 6.04 Å². The first kappa shape index (κ1) is 13.7. The van der Waals surface area contributed by atoms with E-state index in [1.807, 2.05) is 50.5 Å². The van der Waals surface area contributed by atoms with Crippen LogP contribution in [0.25, 0.3) is 11.0 Å². The molecule has 0 aliphatic heterocycles. The van der Waals surface area contributed by atoms with Gasteiger partial charge in [-0.15, -0.1) is 0 Å². The lowest BCUT2D eigenvalue weighted by molar-refractivity contribution is 0.284. The molecule has 2 aromatic carbocycles. The summed E-state index contributed by atoms with van der Waals surface area (Å²) in [5.41, 5.74) is 2.00. The number of nitrogens with zero attached hydrogens (tertiary/aromatic N) is 1. The minimum Gasteiger partial charge on any atom is -0.508 e. The monoisotopic (exact) mass is 281 g/mol. The van der Waals surface area contributed by atoms with Crippen LogP contribution in [-0.4, -0.2) is 24.1 Å². The van der Waals surface area contributed by atoms with Crippen molar-refractivity contribution in [2.24, 2.45) is 0 Å². The van der Waals surface area contributed by atoms with E-state index in [1.165, 1.54) is 0 Å². The molecule has 1 unspecified atom stereocenters. The Bertz CT molecular complexity index is 713. The van der Waals surface area contributed by atoms with Gasteiger partial charge in [-0.05, 0) is 43.9 Å². The Hall–Kier alpha value is -2.26. The Morgan fingerprint density at radius 1 is 1.05 bits per heavy atom. The lowest BCUT2D eigenvalue weighted by Crippen LogP contribution is -2.21. The molecule has 0 fully saturated rings. The second-order valence-corrected chi connectivity index (χ2v) is 5.53. The highest BCUT2D eigenvalue weighted by Crippen LogP contribution is 2.28. The molecule has 0 aliphatic rings. The van der Waals surface area contributed by atoms with Crippen LogP contribution in [0, 0.1) is 0 Å². The smallest absolute Gasteiger partial charge is 0.134 e. The number of hydrogen-bond donors (Lipinski definition) is 1. The van der Waals surface area contributed by atoms with Crippen molar-refractivity contribution < 1.29 is 9.52 Å². The van der Waals surface area contributed by atoms with E-state index >= 15 is 0 Å². The van der Waals surface area contributed by atoms with Crippen molar-refractivity contribution in [3.05, 3.63) is 65.9 Å². The predicted octanol–water partition coefficient (Wildman–Crippen LogP) is 3.98. The highest BCUT2D eigenvalue weighted by molar-refractivity contribution is 5.77. The van der Waals surface area contributed by atoms with Crippen LogP contribution in [0.3, 0.4) is 0 Å². The van der Waals surface area contributed by atoms with Crippen LogP contribution in [0.4, 0.5) is 0 Å². The highest BCUT2D eigenvalue weighted by Gasteiger charge is 2.17. The van der Waals surface area contributed by atoms with Crippen molar-refractivity contribution in [3.8, 4) is 5.75 Å². The number of aromatic hydroxyl groups is 1. The number of rotatable bonds is 4. The van der Waals surface area contributed by atoms with Gasteiger partial charge in [0.2, 0.25) is 0 Å². The first-order valence-electron chi connectivity index (χ1n) is 7.06. The molecule has 0 aliphatic carbocycles. The third kappa shape index (κ3) is 2.93. The van der Waals surface area contributed by atoms with Crippen molar-refractivity contribution in [3.63, 3.8) is 0 Å². The molecule has 0 spiro atoms. The van der Waals surface area contributed by atoms with Crippen LogP contribution in [-0.2, 0) is 6.42 Å². The Morgan fingerprint density at radius 2 is 1.86 bits per heavy atom. The van der Waals surface area contributed by atoms with Gasteiger partial charge in [0.1, 0.15) is 17.1 Å². The zero-order valence-corrected chi connectivity index (χ0v) is 12.3. The summed E-state index contributed by atoms with van der Waals surface area (Å²) in [6.07, 6.45) is 0.769. The molecule has 1 aromatic heterocycles. The van der Waals surface area contributed by atoms with Crippen molar-refractivity contribution in [1.82, 2.24) is 4.90 Å². The van der Waals surface area contributed by atoms with Crippen LogP contribution in [0.15, 0.2) is 59.0 Å². The molecule has 1 atom stereocenters. The fourth-order valence-electron chi connectivity index (χ4n) is 2.66. The average Bonchev–Trinajstić information content (AvgIpc) is 2.87. The fourth-order valence-corrected chi connectivity index (χ4v) is 2.66. The Kier molecular flexibility index (Phi) is 3.67. The summed E-state index contributed by atoms with van der Waals surface area (Å²) < 4.78 is 5.91. The standard InChI is InChI=1S/C18H19NO2/c1-19(2)17(13-7-5-8-15(20)10-13)12-16-11-14-6-3-4-9-18(14)21-16/h3-11,17,20H,12H2,1-2H3. The molecule has 3 heteroatoms. The van der Waals surface area contributed by atoms with Gasteiger partial charge in [-0.25, -0.2) is 0 Å². The summed E-state index contributed by atoms with van der Waals surface area (Å²) >= 11 is 0. The summed E-state index contributed by atoms with van der Waals surface area (Å²) in [6, 6.07) is 17.7. The number of para-hydroxylation sites is 1. The van der Waals surface area contributed by atoms with Gasteiger partial charge in [0, 0.05) is 17.8 Å². The lowest BCUT2D eigenvalue weighted by Gasteiger charge is -2.24. The molecule has 3 aromatic rings. The third-order valence-corrected chi connectivity index (χ3v) is 3.75. The maximum Gasteiger partial charge on any atom is 0.134 e. The van der Waals surface area contributed by atoms with Crippen LogP contribution < -0.4 is 0 Å².